The van der Waals surface area contributed by atoms with E-state index in [2.05, 4.69) is 0 Å². The number of hydrogen-bond donors (Lipinski definition) is 0. The van der Waals surface area contributed by atoms with Crippen molar-refractivity contribution in [1.82, 2.24) is 0 Å². The summed E-state index contributed by atoms with van der Waals surface area (Å²) in [5.41, 5.74) is 0. The summed E-state index contributed by atoms with van der Waals surface area (Å²) < 4.78 is 21.9. The average molecular weight is 256 g/mol. The zero-order chi connectivity index (χ0) is 13.2. The third kappa shape index (κ3) is 3.31. The highest BCUT2D eigenvalue weighted by atomic mass is 16.7. The number of esters is 1. The highest BCUT2D eigenvalue weighted by Crippen LogP contribution is 2.28. The Bertz CT molecular complexity index is 336. The molecule has 0 radical (unpaired) electrons. The molecule has 1 saturated heterocycles. The number of carbonyl (C=O) groups is 1. The second-order valence-electron chi connectivity index (χ2n) is 4.90. The molecule has 0 unspecified atom stereocenters. The molecule has 102 valence electrons. The molecule has 0 saturated carbocycles. The van der Waals surface area contributed by atoms with Crippen molar-refractivity contribution in [3.05, 3.63) is 12.2 Å². The van der Waals surface area contributed by atoms with Crippen molar-refractivity contribution in [2.75, 3.05) is 13.2 Å². The fourth-order valence-corrected chi connectivity index (χ4v) is 2.10. The van der Waals surface area contributed by atoms with Crippen molar-refractivity contribution in [3.8, 4) is 0 Å². The molecule has 0 bridgehead atoms. The van der Waals surface area contributed by atoms with Crippen LogP contribution < -0.4 is 0 Å². The quantitative estimate of drug-likeness (QED) is 0.564. The minimum atomic E-state index is -0.581. The maximum absolute atomic E-state index is 11.4. The number of hydrogen-bond acceptors (Lipinski definition) is 5. The molecule has 0 aromatic rings. The van der Waals surface area contributed by atoms with Crippen LogP contribution in [0.1, 0.15) is 27.2 Å². The minimum absolute atomic E-state index is 0.104. The molecule has 0 amide bonds. The standard InChI is InChI=1S/C13H20O5/c1-4-15-12(14)7-9-5-6-10-11(17-9)8-16-13(2,3)18-10/h5-6,9-11H,4,7-8H2,1-3H3/t9-,10+,11-/m1/s1. The molecule has 0 aliphatic carbocycles. The maximum atomic E-state index is 11.4. The van der Waals surface area contributed by atoms with E-state index in [1.165, 1.54) is 0 Å². The van der Waals surface area contributed by atoms with E-state index >= 15 is 0 Å². The molecular formula is C13H20O5. The molecule has 0 aromatic heterocycles. The average Bonchev–Trinajstić information content (AvgIpc) is 2.29. The summed E-state index contributed by atoms with van der Waals surface area (Å²) in [5, 5.41) is 0. The molecule has 18 heavy (non-hydrogen) atoms. The van der Waals surface area contributed by atoms with Gasteiger partial charge in [-0.1, -0.05) is 12.2 Å². The molecule has 2 aliphatic heterocycles. The molecule has 0 spiro atoms. The normalized spacial score (nSPS) is 33.8. The topological polar surface area (TPSA) is 54.0 Å². The molecule has 3 atom stereocenters. The first-order chi connectivity index (χ1) is 8.50. The van der Waals surface area contributed by atoms with Gasteiger partial charge in [0.05, 0.1) is 25.7 Å². The van der Waals surface area contributed by atoms with E-state index in [0.29, 0.717) is 13.2 Å². The molecule has 2 aliphatic rings. The van der Waals surface area contributed by atoms with Crippen LogP contribution >= 0.6 is 0 Å². The van der Waals surface area contributed by atoms with Crippen LogP contribution in [0.15, 0.2) is 12.2 Å². The Labute approximate surface area is 107 Å². The lowest BCUT2D eigenvalue weighted by atomic mass is 10.1. The van der Waals surface area contributed by atoms with Crippen LogP contribution in [0.4, 0.5) is 0 Å². The van der Waals surface area contributed by atoms with E-state index in [-0.39, 0.29) is 30.7 Å². The number of ether oxygens (including phenoxy) is 4. The molecule has 5 nitrogen and oxygen atoms in total. The second kappa shape index (κ2) is 5.38. The van der Waals surface area contributed by atoms with Gasteiger partial charge in [-0.25, -0.2) is 0 Å². The number of rotatable bonds is 3. The molecule has 0 N–H and O–H groups in total. The Morgan fingerprint density at radius 1 is 1.44 bits per heavy atom. The zero-order valence-electron chi connectivity index (χ0n) is 11.0. The second-order valence-corrected chi connectivity index (χ2v) is 4.90. The van der Waals surface area contributed by atoms with Gasteiger partial charge in [-0.2, -0.15) is 0 Å². The van der Waals surface area contributed by atoms with Crippen molar-refractivity contribution in [1.29, 1.82) is 0 Å². The summed E-state index contributed by atoms with van der Waals surface area (Å²) >= 11 is 0. The van der Waals surface area contributed by atoms with Gasteiger partial charge in [0.15, 0.2) is 5.79 Å². The van der Waals surface area contributed by atoms with Crippen molar-refractivity contribution in [2.24, 2.45) is 0 Å². The van der Waals surface area contributed by atoms with Gasteiger partial charge in [-0.05, 0) is 20.8 Å². The first kappa shape index (κ1) is 13.5. The lowest BCUT2D eigenvalue weighted by Gasteiger charge is -2.42. The molecular weight excluding hydrogens is 236 g/mol. The SMILES string of the molecule is CCOC(=O)C[C@H]1C=C[C@@H]2OC(C)(C)OC[C@H]2O1. The van der Waals surface area contributed by atoms with Gasteiger partial charge in [0.25, 0.3) is 0 Å². The molecule has 5 heteroatoms. The van der Waals surface area contributed by atoms with E-state index in [9.17, 15) is 4.79 Å². The van der Waals surface area contributed by atoms with Crippen molar-refractivity contribution in [3.63, 3.8) is 0 Å². The first-order valence-corrected chi connectivity index (χ1v) is 6.31. The van der Waals surface area contributed by atoms with Crippen LogP contribution in [-0.4, -0.2) is 43.3 Å². The van der Waals surface area contributed by atoms with Crippen molar-refractivity contribution in [2.45, 2.75) is 51.3 Å². The van der Waals surface area contributed by atoms with Gasteiger partial charge < -0.3 is 18.9 Å². The Morgan fingerprint density at radius 3 is 2.94 bits per heavy atom. The van der Waals surface area contributed by atoms with E-state index in [1.807, 2.05) is 26.0 Å². The van der Waals surface area contributed by atoms with Gasteiger partial charge in [-0.3, -0.25) is 4.79 Å². The smallest absolute Gasteiger partial charge is 0.308 e. The Balaban J connectivity index is 1.91. The lowest BCUT2D eigenvalue weighted by Crippen LogP contribution is -2.51. The fraction of sp³-hybridized carbons (Fsp3) is 0.769. The summed E-state index contributed by atoms with van der Waals surface area (Å²) in [5.74, 6) is -0.827. The van der Waals surface area contributed by atoms with Gasteiger partial charge in [0.2, 0.25) is 0 Å². The largest absolute Gasteiger partial charge is 0.466 e. The predicted molar refractivity (Wildman–Crippen MR) is 64.0 cm³/mol. The van der Waals surface area contributed by atoms with Crippen molar-refractivity contribution < 1.29 is 23.7 Å². The summed E-state index contributed by atoms with van der Waals surface area (Å²) in [6, 6.07) is 0. The molecule has 1 fully saturated rings. The Morgan fingerprint density at radius 2 is 2.22 bits per heavy atom. The zero-order valence-corrected chi connectivity index (χ0v) is 11.0. The lowest BCUT2D eigenvalue weighted by molar-refractivity contribution is -0.305. The summed E-state index contributed by atoms with van der Waals surface area (Å²) in [6.07, 6.45) is 3.53. The predicted octanol–water partition coefficient (Wildman–Crippen LogP) is 1.41. The Kier molecular flexibility index (Phi) is 4.04. The monoisotopic (exact) mass is 256 g/mol. The molecule has 2 heterocycles. The van der Waals surface area contributed by atoms with E-state index in [0.717, 1.165) is 0 Å². The summed E-state index contributed by atoms with van der Waals surface area (Å²) in [6.45, 7) is 6.41. The first-order valence-electron chi connectivity index (χ1n) is 6.31. The number of fused-ring (bicyclic) bond motifs is 1. The van der Waals surface area contributed by atoms with E-state index in [4.69, 9.17) is 18.9 Å². The van der Waals surface area contributed by atoms with Crippen LogP contribution in [0.25, 0.3) is 0 Å². The van der Waals surface area contributed by atoms with Crippen LogP contribution in [-0.2, 0) is 23.7 Å². The van der Waals surface area contributed by atoms with Gasteiger partial charge >= 0.3 is 5.97 Å². The van der Waals surface area contributed by atoms with E-state index in [1.54, 1.807) is 6.92 Å². The van der Waals surface area contributed by atoms with Gasteiger partial charge in [0, 0.05) is 0 Å². The fourth-order valence-electron chi connectivity index (χ4n) is 2.10. The third-order valence-corrected chi connectivity index (χ3v) is 2.92. The molecule has 0 aromatic carbocycles. The van der Waals surface area contributed by atoms with Crippen molar-refractivity contribution >= 4 is 5.97 Å². The highest BCUT2D eigenvalue weighted by molar-refractivity contribution is 5.70. The third-order valence-electron chi connectivity index (χ3n) is 2.92. The number of carbonyl (C=O) groups excluding carboxylic acids is 1. The van der Waals surface area contributed by atoms with E-state index < -0.39 is 5.79 Å². The molecule has 2 rings (SSSR count). The van der Waals surface area contributed by atoms with Crippen LogP contribution in [0.5, 0.6) is 0 Å². The Hall–Kier alpha value is -0.910. The maximum Gasteiger partial charge on any atom is 0.308 e. The highest BCUT2D eigenvalue weighted by Gasteiger charge is 2.39. The van der Waals surface area contributed by atoms with Gasteiger partial charge in [-0.15, -0.1) is 0 Å². The van der Waals surface area contributed by atoms with Crippen LogP contribution in [0.2, 0.25) is 0 Å². The minimum Gasteiger partial charge on any atom is -0.466 e. The van der Waals surface area contributed by atoms with Gasteiger partial charge in [0.1, 0.15) is 12.2 Å². The summed E-state index contributed by atoms with van der Waals surface area (Å²) in [4.78, 5) is 11.4. The van der Waals surface area contributed by atoms with Crippen LogP contribution in [0, 0.1) is 0 Å². The van der Waals surface area contributed by atoms with Crippen LogP contribution in [0.3, 0.4) is 0 Å². The summed E-state index contributed by atoms with van der Waals surface area (Å²) in [7, 11) is 0.